The number of methoxy groups -OCH3 is 2. The molecular weight excluding hydrogens is 232 g/mol. The van der Waals surface area contributed by atoms with Crippen molar-refractivity contribution in [1.82, 2.24) is 20.9 Å². The van der Waals surface area contributed by atoms with Crippen molar-refractivity contribution < 1.29 is 9.47 Å². The summed E-state index contributed by atoms with van der Waals surface area (Å²) in [7, 11) is 3.37. The number of hydrogen-bond donors (Lipinski definition) is 3. The first kappa shape index (κ1) is 15.8. The van der Waals surface area contributed by atoms with Crippen LogP contribution in [0.2, 0.25) is 0 Å². The Balaban J connectivity index is 2.31. The zero-order valence-corrected chi connectivity index (χ0v) is 11.7. The molecule has 0 saturated carbocycles. The van der Waals surface area contributed by atoms with Crippen molar-refractivity contribution in [3.63, 3.8) is 0 Å². The molecule has 0 unspecified atom stereocenters. The minimum absolute atomic E-state index is 0.139. The highest BCUT2D eigenvalue weighted by Crippen LogP contribution is 1.96. The zero-order chi connectivity index (χ0) is 13.1. The third kappa shape index (κ3) is 7.25. The van der Waals surface area contributed by atoms with Gasteiger partial charge in [-0.25, -0.2) is 0 Å². The number of nitrogens with zero attached hydrogens (tertiary/aromatic N) is 1. The van der Waals surface area contributed by atoms with E-state index in [1.165, 1.54) is 0 Å². The summed E-state index contributed by atoms with van der Waals surface area (Å²) in [5, 5.41) is 10.3. The second-order valence-electron chi connectivity index (χ2n) is 4.45. The Morgan fingerprint density at radius 3 is 1.72 bits per heavy atom. The molecule has 0 aromatic rings. The van der Waals surface area contributed by atoms with Crippen LogP contribution in [0.3, 0.4) is 0 Å². The molecule has 0 bridgehead atoms. The summed E-state index contributed by atoms with van der Waals surface area (Å²) in [5.74, 6) is 0. The van der Waals surface area contributed by atoms with Crippen LogP contribution in [0.15, 0.2) is 0 Å². The molecule has 1 fully saturated rings. The molecule has 6 heteroatoms. The molecule has 3 N–H and O–H groups in total. The Morgan fingerprint density at radius 2 is 1.28 bits per heavy atom. The van der Waals surface area contributed by atoms with Crippen molar-refractivity contribution in [3.05, 3.63) is 0 Å². The van der Waals surface area contributed by atoms with Crippen LogP contribution in [0.1, 0.15) is 0 Å². The van der Waals surface area contributed by atoms with Gasteiger partial charge in [0.15, 0.2) is 6.29 Å². The van der Waals surface area contributed by atoms with E-state index in [1.54, 1.807) is 14.2 Å². The van der Waals surface area contributed by atoms with Gasteiger partial charge in [0.2, 0.25) is 0 Å². The second kappa shape index (κ2) is 10.7. The van der Waals surface area contributed by atoms with E-state index in [9.17, 15) is 0 Å². The quantitative estimate of drug-likeness (QED) is 0.546. The molecule has 0 spiro atoms. The SMILES string of the molecule is COC(CN1CCNCCNCCNCC1)OC. The monoisotopic (exact) mass is 260 g/mol. The van der Waals surface area contributed by atoms with Crippen LogP contribution in [0, 0.1) is 0 Å². The number of ether oxygens (including phenoxy) is 2. The first-order valence-electron chi connectivity index (χ1n) is 6.77. The van der Waals surface area contributed by atoms with Gasteiger partial charge in [-0.15, -0.1) is 0 Å². The first-order chi connectivity index (χ1) is 8.86. The molecule has 18 heavy (non-hydrogen) atoms. The van der Waals surface area contributed by atoms with Crippen molar-refractivity contribution in [3.8, 4) is 0 Å². The van der Waals surface area contributed by atoms with Crippen molar-refractivity contribution in [2.45, 2.75) is 6.29 Å². The highest BCUT2D eigenvalue weighted by atomic mass is 16.7. The summed E-state index contributed by atoms with van der Waals surface area (Å²) in [6, 6.07) is 0. The maximum Gasteiger partial charge on any atom is 0.169 e. The standard InChI is InChI=1S/C12H28N4O2/c1-17-12(18-2)11-16-9-7-14-5-3-13-4-6-15-8-10-16/h12-15H,3-11H2,1-2H3. The molecule has 1 saturated heterocycles. The lowest BCUT2D eigenvalue weighted by atomic mass is 10.4. The van der Waals surface area contributed by atoms with Gasteiger partial charge in [-0.3, -0.25) is 4.90 Å². The molecule has 0 aromatic carbocycles. The van der Waals surface area contributed by atoms with Gasteiger partial charge < -0.3 is 25.4 Å². The molecule has 1 aliphatic heterocycles. The zero-order valence-electron chi connectivity index (χ0n) is 11.7. The fourth-order valence-electron chi connectivity index (χ4n) is 1.95. The topological polar surface area (TPSA) is 57.8 Å². The molecule has 1 aliphatic rings. The van der Waals surface area contributed by atoms with E-state index < -0.39 is 0 Å². The Labute approximate surface area is 110 Å². The average molecular weight is 260 g/mol. The summed E-state index contributed by atoms with van der Waals surface area (Å²) >= 11 is 0. The molecule has 0 amide bonds. The predicted octanol–water partition coefficient (Wildman–Crippen LogP) is -1.31. The Kier molecular flexibility index (Phi) is 9.37. The van der Waals surface area contributed by atoms with E-state index in [2.05, 4.69) is 20.9 Å². The molecule has 1 rings (SSSR count). The van der Waals surface area contributed by atoms with Crippen molar-refractivity contribution in [2.24, 2.45) is 0 Å². The van der Waals surface area contributed by atoms with Gasteiger partial charge in [-0.2, -0.15) is 0 Å². The Hall–Kier alpha value is -0.240. The maximum atomic E-state index is 5.26. The molecule has 0 aromatic heterocycles. The summed E-state index contributed by atoms with van der Waals surface area (Å²) in [6.07, 6.45) is -0.139. The van der Waals surface area contributed by atoms with E-state index in [4.69, 9.17) is 9.47 Å². The minimum atomic E-state index is -0.139. The summed E-state index contributed by atoms with van der Waals surface area (Å²) in [4.78, 5) is 2.37. The second-order valence-corrected chi connectivity index (χ2v) is 4.45. The van der Waals surface area contributed by atoms with E-state index in [-0.39, 0.29) is 6.29 Å². The smallest absolute Gasteiger partial charge is 0.169 e. The summed E-state index contributed by atoms with van der Waals surface area (Å²) < 4.78 is 10.5. The lowest BCUT2D eigenvalue weighted by Gasteiger charge is -2.26. The van der Waals surface area contributed by atoms with Gasteiger partial charge >= 0.3 is 0 Å². The average Bonchev–Trinajstić information content (AvgIpc) is 2.38. The molecular formula is C12H28N4O2. The minimum Gasteiger partial charge on any atom is -0.355 e. The van der Waals surface area contributed by atoms with Gasteiger partial charge in [0.05, 0.1) is 0 Å². The third-order valence-electron chi connectivity index (χ3n) is 3.10. The fraction of sp³-hybridized carbons (Fsp3) is 1.00. The van der Waals surface area contributed by atoms with Crippen LogP contribution < -0.4 is 16.0 Å². The Bertz CT molecular complexity index is 179. The summed E-state index contributed by atoms with van der Waals surface area (Å²) in [5.41, 5.74) is 0. The van der Waals surface area contributed by atoms with Crippen molar-refractivity contribution in [1.29, 1.82) is 0 Å². The maximum absolute atomic E-state index is 5.26. The number of nitrogens with one attached hydrogen (secondary N) is 3. The highest BCUT2D eigenvalue weighted by Gasteiger charge is 2.12. The fourth-order valence-corrected chi connectivity index (χ4v) is 1.95. The van der Waals surface area contributed by atoms with Gasteiger partial charge in [0.25, 0.3) is 0 Å². The van der Waals surface area contributed by atoms with Gasteiger partial charge in [-0.05, 0) is 0 Å². The first-order valence-corrected chi connectivity index (χ1v) is 6.77. The lowest BCUT2D eigenvalue weighted by Crippen LogP contribution is -2.44. The third-order valence-corrected chi connectivity index (χ3v) is 3.10. The molecule has 0 aliphatic carbocycles. The van der Waals surface area contributed by atoms with Gasteiger partial charge in [0.1, 0.15) is 0 Å². The van der Waals surface area contributed by atoms with Crippen LogP contribution in [0.4, 0.5) is 0 Å². The van der Waals surface area contributed by atoms with E-state index in [1.807, 2.05) is 0 Å². The highest BCUT2D eigenvalue weighted by molar-refractivity contribution is 4.66. The molecule has 1 heterocycles. The largest absolute Gasteiger partial charge is 0.355 e. The normalized spacial score (nSPS) is 21.5. The van der Waals surface area contributed by atoms with Crippen LogP contribution in [-0.4, -0.2) is 84.3 Å². The van der Waals surface area contributed by atoms with Crippen LogP contribution >= 0.6 is 0 Å². The van der Waals surface area contributed by atoms with E-state index >= 15 is 0 Å². The molecule has 6 nitrogen and oxygen atoms in total. The van der Waals surface area contributed by atoms with Crippen LogP contribution in [-0.2, 0) is 9.47 Å². The number of hydrogen-bond acceptors (Lipinski definition) is 6. The Morgan fingerprint density at radius 1 is 0.833 bits per heavy atom. The van der Waals surface area contributed by atoms with E-state index in [0.717, 1.165) is 58.9 Å². The van der Waals surface area contributed by atoms with Crippen molar-refractivity contribution >= 4 is 0 Å². The van der Waals surface area contributed by atoms with Crippen LogP contribution in [0.25, 0.3) is 0 Å². The molecule has 0 radical (unpaired) electrons. The van der Waals surface area contributed by atoms with Crippen molar-refractivity contribution in [2.75, 3.05) is 73.1 Å². The molecule has 108 valence electrons. The van der Waals surface area contributed by atoms with E-state index in [0.29, 0.717) is 0 Å². The van der Waals surface area contributed by atoms with Gasteiger partial charge in [-0.1, -0.05) is 0 Å². The number of rotatable bonds is 4. The summed E-state index contributed by atoms with van der Waals surface area (Å²) in [6.45, 7) is 8.95. The van der Waals surface area contributed by atoms with Gasteiger partial charge in [0, 0.05) is 73.1 Å². The molecule has 0 atom stereocenters. The lowest BCUT2D eigenvalue weighted by molar-refractivity contribution is -0.115. The van der Waals surface area contributed by atoms with Crippen LogP contribution in [0.5, 0.6) is 0 Å². The predicted molar refractivity (Wildman–Crippen MR) is 72.9 cm³/mol.